The van der Waals surface area contributed by atoms with E-state index in [0.29, 0.717) is 31.2 Å². The Kier molecular flexibility index (Phi) is 7.52. The first-order valence-electron chi connectivity index (χ1n) is 10.1. The van der Waals surface area contributed by atoms with Gasteiger partial charge in [0.1, 0.15) is 17.5 Å². The Hall–Kier alpha value is -2.91. The van der Waals surface area contributed by atoms with Crippen molar-refractivity contribution in [2.24, 2.45) is 5.73 Å². The summed E-state index contributed by atoms with van der Waals surface area (Å²) in [5.74, 6) is -0.327. The lowest BCUT2D eigenvalue weighted by molar-refractivity contribution is -0.132. The van der Waals surface area contributed by atoms with E-state index < -0.39 is 17.7 Å². The number of nitrogens with two attached hydrogens (primary N) is 1. The van der Waals surface area contributed by atoms with Gasteiger partial charge in [0.15, 0.2) is 11.6 Å². The fourth-order valence-electron chi connectivity index (χ4n) is 3.79. The summed E-state index contributed by atoms with van der Waals surface area (Å²) in [5.41, 5.74) is 6.96. The lowest BCUT2D eigenvalue weighted by Gasteiger charge is -2.21. The molecule has 0 fully saturated rings. The Labute approximate surface area is 189 Å². The molecule has 4 rings (SSSR count). The first-order chi connectivity index (χ1) is 14.9. The number of carbonyl (C=O) groups excluding carboxylic acids is 1. The zero-order valence-electron chi connectivity index (χ0n) is 17.2. The molecule has 0 aliphatic carbocycles. The fraction of sp³-hybridized carbons (Fsp3) is 0.318. The Morgan fingerprint density at radius 1 is 1.03 bits per heavy atom. The van der Waals surface area contributed by atoms with Gasteiger partial charge in [0.25, 0.3) is 0 Å². The van der Waals surface area contributed by atoms with Gasteiger partial charge in [0.2, 0.25) is 5.91 Å². The van der Waals surface area contributed by atoms with Crippen molar-refractivity contribution in [2.45, 2.75) is 38.4 Å². The number of nitrogens with zero attached hydrogens (tertiary/aromatic N) is 4. The topological polar surface area (TPSA) is 77.0 Å². The van der Waals surface area contributed by atoms with E-state index in [1.54, 1.807) is 17.0 Å². The molecule has 1 amide bonds. The van der Waals surface area contributed by atoms with E-state index in [2.05, 4.69) is 10.2 Å². The van der Waals surface area contributed by atoms with Crippen molar-refractivity contribution in [2.75, 3.05) is 6.54 Å². The molecule has 0 unspecified atom stereocenters. The number of amides is 1. The van der Waals surface area contributed by atoms with Crippen LogP contribution in [-0.4, -0.2) is 38.2 Å². The van der Waals surface area contributed by atoms with Gasteiger partial charge in [-0.3, -0.25) is 4.79 Å². The van der Waals surface area contributed by atoms with Gasteiger partial charge in [-0.2, -0.15) is 0 Å². The summed E-state index contributed by atoms with van der Waals surface area (Å²) in [6, 6.07) is 8.59. The van der Waals surface area contributed by atoms with E-state index in [-0.39, 0.29) is 49.1 Å². The van der Waals surface area contributed by atoms with Crippen molar-refractivity contribution in [3.8, 4) is 11.4 Å². The first kappa shape index (κ1) is 23.7. The summed E-state index contributed by atoms with van der Waals surface area (Å²) in [6.07, 6.45) is 0.766. The zero-order valence-corrected chi connectivity index (χ0v) is 18.0. The van der Waals surface area contributed by atoms with Crippen LogP contribution in [0.3, 0.4) is 0 Å². The van der Waals surface area contributed by atoms with Crippen molar-refractivity contribution in [3.05, 3.63) is 71.3 Å². The number of fused-ring (bicyclic) bond motifs is 1. The van der Waals surface area contributed by atoms with Crippen LogP contribution >= 0.6 is 12.4 Å². The highest BCUT2D eigenvalue weighted by Gasteiger charge is 2.24. The Morgan fingerprint density at radius 3 is 2.50 bits per heavy atom. The Balaban J connectivity index is 0.00000289. The third-order valence-electron chi connectivity index (χ3n) is 5.35. The molecule has 0 bridgehead atoms. The highest BCUT2D eigenvalue weighted by molar-refractivity contribution is 5.85. The van der Waals surface area contributed by atoms with Crippen LogP contribution in [0.1, 0.15) is 24.2 Å². The molecule has 32 heavy (non-hydrogen) atoms. The largest absolute Gasteiger partial charge is 0.335 e. The molecular weight excluding hydrogens is 443 g/mol. The number of halogens is 4. The number of aromatic nitrogens is 3. The number of hydrogen-bond donors (Lipinski definition) is 1. The summed E-state index contributed by atoms with van der Waals surface area (Å²) in [7, 11) is 0. The van der Waals surface area contributed by atoms with Crippen molar-refractivity contribution in [1.82, 2.24) is 19.7 Å². The van der Waals surface area contributed by atoms with Gasteiger partial charge in [0.05, 0.1) is 6.54 Å². The lowest BCUT2D eigenvalue weighted by Crippen LogP contribution is -2.36. The van der Waals surface area contributed by atoms with Gasteiger partial charge in [-0.05, 0) is 60.9 Å². The molecular formula is C22H23ClF3N5O. The SMILES string of the molecule is Cl.N[C@@H](CC(=O)N1CCCn2c(nnc2-c2ccc(F)cc2)C1)Cc1cc(F)ccc1F. The van der Waals surface area contributed by atoms with Crippen LogP contribution in [0.15, 0.2) is 42.5 Å². The minimum Gasteiger partial charge on any atom is -0.335 e. The molecule has 0 saturated carbocycles. The Morgan fingerprint density at radius 2 is 1.75 bits per heavy atom. The van der Waals surface area contributed by atoms with Crippen LogP contribution in [0.5, 0.6) is 0 Å². The number of rotatable bonds is 5. The van der Waals surface area contributed by atoms with Crippen molar-refractivity contribution < 1.29 is 18.0 Å². The summed E-state index contributed by atoms with van der Waals surface area (Å²) in [5, 5.41) is 8.44. The molecule has 0 radical (unpaired) electrons. The molecule has 1 aromatic heterocycles. The van der Waals surface area contributed by atoms with Crippen LogP contribution in [0.2, 0.25) is 0 Å². The van der Waals surface area contributed by atoms with Crippen LogP contribution in [0, 0.1) is 17.5 Å². The molecule has 3 aromatic rings. The summed E-state index contributed by atoms with van der Waals surface area (Å²) in [4.78, 5) is 14.5. The second-order valence-electron chi connectivity index (χ2n) is 7.67. The smallest absolute Gasteiger partial charge is 0.224 e. The van der Waals surface area contributed by atoms with Gasteiger partial charge in [-0.25, -0.2) is 13.2 Å². The second-order valence-corrected chi connectivity index (χ2v) is 7.67. The molecule has 2 aromatic carbocycles. The third-order valence-corrected chi connectivity index (χ3v) is 5.35. The van der Waals surface area contributed by atoms with E-state index in [1.165, 1.54) is 12.1 Å². The van der Waals surface area contributed by atoms with Gasteiger partial charge < -0.3 is 15.2 Å². The maximum atomic E-state index is 13.8. The maximum absolute atomic E-state index is 13.8. The highest BCUT2D eigenvalue weighted by Crippen LogP contribution is 2.22. The van der Waals surface area contributed by atoms with Crippen molar-refractivity contribution >= 4 is 18.3 Å². The third kappa shape index (κ3) is 5.28. The molecule has 10 heteroatoms. The van der Waals surface area contributed by atoms with E-state index in [9.17, 15) is 18.0 Å². The summed E-state index contributed by atoms with van der Waals surface area (Å²) < 4.78 is 42.4. The first-order valence-corrected chi connectivity index (χ1v) is 10.1. The average Bonchev–Trinajstić information content (AvgIpc) is 3.00. The molecule has 170 valence electrons. The van der Waals surface area contributed by atoms with Gasteiger partial charge in [0, 0.05) is 31.1 Å². The van der Waals surface area contributed by atoms with Gasteiger partial charge >= 0.3 is 0 Å². The normalized spacial score (nSPS) is 14.3. The van der Waals surface area contributed by atoms with E-state index in [1.807, 2.05) is 4.57 Å². The predicted molar refractivity (Wildman–Crippen MR) is 115 cm³/mol. The van der Waals surface area contributed by atoms with Gasteiger partial charge in [-0.1, -0.05) is 0 Å². The minimum atomic E-state index is -0.639. The zero-order chi connectivity index (χ0) is 22.0. The number of hydrogen-bond acceptors (Lipinski definition) is 4. The number of benzene rings is 2. The highest BCUT2D eigenvalue weighted by atomic mass is 35.5. The van der Waals surface area contributed by atoms with E-state index in [4.69, 9.17) is 5.73 Å². The molecule has 2 heterocycles. The van der Waals surface area contributed by atoms with Crippen LogP contribution in [0.4, 0.5) is 13.2 Å². The van der Waals surface area contributed by atoms with Gasteiger partial charge in [-0.15, -0.1) is 22.6 Å². The molecule has 0 saturated heterocycles. The van der Waals surface area contributed by atoms with Crippen molar-refractivity contribution in [1.29, 1.82) is 0 Å². The average molecular weight is 466 g/mol. The quantitative estimate of drug-likeness (QED) is 0.626. The van der Waals surface area contributed by atoms with Crippen LogP contribution < -0.4 is 5.73 Å². The molecule has 1 atom stereocenters. The second kappa shape index (κ2) is 10.1. The van der Waals surface area contributed by atoms with E-state index >= 15 is 0 Å². The van der Waals surface area contributed by atoms with E-state index in [0.717, 1.165) is 23.8 Å². The fourth-order valence-corrected chi connectivity index (χ4v) is 3.79. The molecule has 6 nitrogen and oxygen atoms in total. The molecule has 2 N–H and O–H groups in total. The minimum absolute atomic E-state index is 0. The Bertz CT molecular complexity index is 1090. The molecule has 1 aliphatic heterocycles. The van der Waals surface area contributed by atoms with Crippen LogP contribution in [-0.2, 0) is 24.3 Å². The summed E-state index contributed by atoms with van der Waals surface area (Å²) >= 11 is 0. The standard InChI is InChI=1S/C22H22F3N5O.ClH/c23-16-4-2-14(3-5-16)22-28-27-20-13-29(8-1-9-30(20)22)21(31)12-18(26)11-15-10-17(24)6-7-19(15)25;/h2-7,10,18H,1,8-9,11-13,26H2;1H/t18-;/m1./s1. The summed E-state index contributed by atoms with van der Waals surface area (Å²) in [6.45, 7) is 1.42. The molecule has 1 aliphatic rings. The number of carbonyl (C=O) groups is 1. The van der Waals surface area contributed by atoms with Crippen molar-refractivity contribution in [3.63, 3.8) is 0 Å². The molecule has 0 spiro atoms. The predicted octanol–water partition coefficient (Wildman–Crippen LogP) is 3.48. The van der Waals surface area contributed by atoms with Crippen LogP contribution in [0.25, 0.3) is 11.4 Å². The lowest BCUT2D eigenvalue weighted by atomic mass is 10.0. The monoisotopic (exact) mass is 465 g/mol. The maximum Gasteiger partial charge on any atom is 0.224 e.